The van der Waals surface area contributed by atoms with Crippen molar-refractivity contribution in [3.63, 3.8) is 0 Å². The molecule has 2 aliphatic rings. The number of carbonyl (C=O) groups is 1. The third kappa shape index (κ3) is 6.04. The third-order valence-electron chi connectivity index (χ3n) is 7.36. The molecule has 1 aliphatic carbocycles. The van der Waals surface area contributed by atoms with Crippen LogP contribution in [-0.2, 0) is 20.2 Å². The van der Waals surface area contributed by atoms with Gasteiger partial charge in [-0.2, -0.15) is 0 Å². The fourth-order valence-electron chi connectivity index (χ4n) is 4.84. The van der Waals surface area contributed by atoms with E-state index in [4.69, 9.17) is 4.74 Å². The molecule has 5 rings (SSSR count). The molecule has 0 aromatic carbocycles. The fourth-order valence-corrected chi connectivity index (χ4v) is 6.12. The number of pyridine rings is 1. The number of nitrogens with zero attached hydrogens (tertiary/aromatic N) is 6. The van der Waals surface area contributed by atoms with E-state index in [1.165, 1.54) is 6.20 Å². The highest BCUT2D eigenvalue weighted by molar-refractivity contribution is 7.93. The van der Waals surface area contributed by atoms with Gasteiger partial charge in [0.05, 0.1) is 41.1 Å². The summed E-state index contributed by atoms with van der Waals surface area (Å²) in [5.41, 5.74) is 0.842. The molecule has 3 aromatic rings. The first-order chi connectivity index (χ1) is 19.2. The number of nitrogens with one attached hydrogen (secondary N) is 2. The molecule has 2 N–H and O–H groups in total. The van der Waals surface area contributed by atoms with Gasteiger partial charge in [0.25, 0.3) is 0 Å². The van der Waals surface area contributed by atoms with Gasteiger partial charge in [0.2, 0.25) is 27.8 Å². The first kappa shape index (κ1) is 27.8. The zero-order valence-electron chi connectivity index (χ0n) is 22.9. The third-order valence-corrected chi connectivity index (χ3v) is 9.18. The molecule has 1 amide bonds. The first-order valence-corrected chi connectivity index (χ1v) is 15.1. The number of sulfonamides is 1. The molecule has 0 unspecified atom stereocenters. The molecule has 0 bridgehead atoms. The highest BCUT2D eigenvalue weighted by Crippen LogP contribution is 2.37. The number of hydrogen-bond donors (Lipinski definition) is 2. The number of amides is 1. The Hall–Kier alpha value is -3.71. The minimum atomic E-state index is -3.54. The minimum Gasteiger partial charge on any atom is -0.477 e. The lowest BCUT2D eigenvalue weighted by Gasteiger charge is -2.41. The van der Waals surface area contributed by atoms with Crippen molar-refractivity contribution < 1.29 is 17.9 Å². The van der Waals surface area contributed by atoms with E-state index in [0.29, 0.717) is 74.5 Å². The Kier molecular flexibility index (Phi) is 7.95. The maximum atomic E-state index is 13.9. The van der Waals surface area contributed by atoms with Crippen LogP contribution in [0.4, 0.5) is 11.8 Å². The molecule has 12 nitrogen and oxygen atoms in total. The van der Waals surface area contributed by atoms with Crippen molar-refractivity contribution in [1.29, 1.82) is 0 Å². The number of carbonyl (C=O) groups excluding carboxylic acids is 1. The average molecular weight is 567 g/mol. The van der Waals surface area contributed by atoms with Crippen LogP contribution in [0.25, 0.3) is 11.3 Å². The molecular weight excluding hydrogens is 532 g/mol. The summed E-state index contributed by atoms with van der Waals surface area (Å²) in [6.07, 6.45) is 8.58. The maximum absolute atomic E-state index is 13.9. The maximum Gasteiger partial charge on any atom is 0.237 e. The molecule has 40 heavy (non-hydrogen) atoms. The standard InChI is InChI=1S/C27H34N8O4S/c1-4-39-24-17-28-16-21(31-24)19-5-8-23(30-15-19)33-25(36)27(10-13-35(14-11-27)18(2)3)22-9-12-29-26(32-22)34-40(37,38)20-6-7-20/h5,8-9,12,15-18,20H,4,6-7,10-11,13-14H2,1-3H3,(H,29,32,34)(H,30,33,36). The molecule has 3 aromatic heterocycles. The highest BCUT2D eigenvalue weighted by atomic mass is 32.2. The van der Waals surface area contributed by atoms with Crippen molar-refractivity contribution in [2.45, 2.75) is 63.2 Å². The number of rotatable bonds is 10. The Labute approximate surface area is 234 Å². The number of ether oxygens (including phenoxy) is 1. The molecule has 0 spiro atoms. The summed E-state index contributed by atoms with van der Waals surface area (Å²) in [4.78, 5) is 38.0. The fraction of sp³-hybridized carbons (Fsp3) is 0.481. The number of piperidine rings is 1. The van der Waals surface area contributed by atoms with E-state index >= 15 is 0 Å². The Morgan fingerprint density at radius 3 is 2.52 bits per heavy atom. The zero-order valence-corrected chi connectivity index (χ0v) is 23.7. The topological polar surface area (TPSA) is 152 Å². The van der Waals surface area contributed by atoms with Crippen molar-refractivity contribution >= 4 is 27.7 Å². The van der Waals surface area contributed by atoms with Crippen LogP contribution in [0.1, 0.15) is 52.1 Å². The Balaban J connectivity index is 1.39. The Bertz CT molecular complexity index is 1450. The van der Waals surface area contributed by atoms with E-state index in [1.807, 2.05) is 13.0 Å². The molecular formula is C27H34N8O4S. The number of aromatic nitrogens is 5. The lowest BCUT2D eigenvalue weighted by atomic mass is 9.74. The van der Waals surface area contributed by atoms with Gasteiger partial charge in [0, 0.05) is 24.0 Å². The van der Waals surface area contributed by atoms with Gasteiger partial charge in [-0.3, -0.25) is 14.5 Å². The van der Waals surface area contributed by atoms with Crippen molar-refractivity contribution in [2.24, 2.45) is 0 Å². The van der Waals surface area contributed by atoms with Crippen LogP contribution >= 0.6 is 0 Å². The summed E-state index contributed by atoms with van der Waals surface area (Å²) in [6.45, 7) is 8.00. The van der Waals surface area contributed by atoms with Gasteiger partial charge >= 0.3 is 0 Å². The van der Waals surface area contributed by atoms with Gasteiger partial charge in [-0.1, -0.05) is 0 Å². The molecule has 4 heterocycles. The van der Waals surface area contributed by atoms with E-state index in [2.05, 4.69) is 53.7 Å². The predicted molar refractivity (Wildman–Crippen MR) is 150 cm³/mol. The van der Waals surface area contributed by atoms with Crippen LogP contribution in [0.5, 0.6) is 5.88 Å². The van der Waals surface area contributed by atoms with E-state index in [0.717, 1.165) is 5.56 Å². The van der Waals surface area contributed by atoms with E-state index in [9.17, 15) is 13.2 Å². The second-order valence-corrected chi connectivity index (χ2v) is 12.3. The van der Waals surface area contributed by atoms with Gasteiger partial charge in [0.1, 0.15) is 5.82 Å². The summed E-state index contributed by atoms with van der Waals surface area (Å²) >= 11 is 0. The molecule has 1 aliphatic heterocycles. The monoisotopic (exact) mass is 566 g/mol. The lowest BCUT2D eigenvalue weighted by Crippen LogP contribution is -2.51. The second kappa shape index (κ2) is 11.4. The van der Waals surface area contributed by atoms with Gasteiger partial charge in [0.15, 0.2) is 0 Å². The van der Waals surface area contributed by atoms with Crippen molar-refractivity contribution in [2.75, 3.05) is 29.7 Å². The second-order valence-electron chi connectivity index (χ2n) is 10.4. The van der Waals surface area contributed by atoms with E-state index in [1.54, 1.807) is 30.7 Å². The van der Waals surface area contributed by atoms with Crippen LogP contribution in [0.2, 0.25) is 0 Å². The molecule has 13 heteroatoms. The number of hydrogen-bond acceptors (Lipinski definition) is 10. The molecule has 2 fully saturated rings. The van der Waals surface area contributed by atoms with Crippen molar-refractivity contribution in [3.8, 4) is 17.1 Å². The van der Waals surface area contributed by atoms with Crippen LogP contribution in [0.3, 0.4) is 0 Å². The normalized spacial score (nSPS) is 17.4. The van der Waals surface area contributed by atoms with E-state index < -0.39 is 20.7 Å². The van der Waals surface area contributed by atoms with Crippen LogP contribution in [-0.4, -0.2) is 75.1 Å². The highest BCUT2D eigenvalue weighted by Gasteiger charge is 2.45. The quantitative estimate of drug-likeness (QED) is 0.374. The SMILES string of the molecule is CCOc1cncc(-c2ccc(NC(=O)C3(c4ccnc(NS(=O)(=O)C5CC5)n4)CCN(C(C)C)CC3)nc2)n1. The largest absolute Gasteiger partial charge is 0.477 e. The average Bonchev–Trinajstić information content (AvgIpc) is 3.80. The summed E-state index contributed by atoms with van der Waals surface area (Å²) in [7, 11) is -3.54. The molecule has 0 atom stereocenters. The van der Waals surface area contributed by atoms with Gasteiger partial charge in [-0.25, -0.2) is 28.4 Å². The van der Waals surface area contributed by atoms with Crippen LogP contribution in [0, 0.1) is 0 Å². The van der Waals surface area contributed by atoms with Crippen LogP contribution in [0.15, 0.2) is 43.0 Å². The Morgan fingerprint density at radius 2 is 1.88 bits per heavy atom. The van der Waals surface area contributed by atoms with Crippen LogP contribution < -0.4 is 14.8 Å². The zero-order chi connectivity index (χ0) is 28.3. The summed E-state index contributed by atoms with van der Waals surface area (Å²) in [6, 6.07) is 5.56. The lowest BCUT2D eigenvalue weighted by molar-refractivity contribution is -0.123. The minimum absolute atomic E-state index is 0.0132. The summed E-state index contributed by atoms with van der Waals surface area (Å²) in [5, 5.41) is 2.56. The van der Waals surface area contributed by atoms with E-state index in [-0.39, 0.29) is 11.9 Å². The molecule has 1 saturated carbocycles. The summed E-state index contributed by atoms with van der Waals surface area (Å²) in [5.74, 6) is 0.553. The first-order valence-electron chi connectivity index (χ1n) is 13.5. The molecule has 1 saturated heterocycles. The molecule has 212 valence electrons. The van der Waals surface area contributed by atoms with Gasteiger partial charge in [-0.05, 0) is 77.7 Å². The smallest absolute Gasteiger partial charge is 0.237 e. The predicted octanol–water partition coefficient (Wildman–Crippen LogP) is 3.01. The number of likely N-dealkylation sites (tertiary alicyclic amines) is 1. The van der Waals surface area contributed by atoms with Crippen molar-refractivity contribution in [1.82, 2.24) is 29.8 Å². The number of anilines is 2. The molecule has 0 radical (unpaired) electrons. The van der Waals surface area contributed by atoms with Gasteiger partial charge < -0.3 is 15.0 Å². The van der Waals surface area contributed by atoms with Gasteiger partial charge in [-0.15, -0.1) is 0 Å². The summed E-state index contributed by atoms with van der Waals surface area (Å²) < 4.78 is 32.9. The van der Waals surface area contributed by atoms with Crippen molar-refractivity contribution in [3.05, 3.63) is 48.7 Å². The Morgan fingerprint density at radius 1 is 1.10 bits per heavy atom.